The van der Waals surface area contributed by atoms with Gasteiger partial charge < -0.3 is 4.57 Å². The molecule has 12 aromatic rings. The summed E-state index contributed by atoms with van der Waals surface area (Å²) in [6.07, 6.45) is 0. The molecule has 0 aliphatic heterocycles. The second-order valence-corrected chi connectivity index (χ2v) is 15.7. The van der Waals surface area contributed by atoms with Gasteiger partial charge in [-0.1, -0.05) is 158 Å². The number of benzene rings is 10. The summed E-state index contributed by atoms with van der Waals surface area (Å²) in [5, 5.41) is 9.92. The van der Waals surface area contributed by atoms with Crippen molar-refractivity contribution in [3.8, 4) is 62.1 Å². The van der Waals surface area contributed by atoms with Gasteiger partial charge in [0.15, 0.2) is 17.5 Å². The third-order valence-electron chi connectivity index (χ3n) is 12.0. The van der Waals surface area contributed by atoms with E-state index in [0.29, 0.717) is 17.5 Å². The van der Waals surface area contributed by atoms with E-state index in [0.717, 1.165) is 27.9 Å². The number of para-hydroxylation sites is 1. The van der Waals surface area contributed by atoms with Gasteiger partial charge in [-0.3, -0.25) is 0 Å². The molecule has 0 saturated carbocycles. The molecule has 0 aliphatic carbocycles. The number of hydrogen-bond acceptors (Lipinski definition) is 3. The van der Waals surface area contributed by atoms with E-state index in [4.69, 9.17) is 15.0 Å². The largest absolute Gasteiger partial charge is 0.309 e. The van der Waals surface area contributed by atoms with Crippen molar-refractivity contribution in [1.82, 2.24) is 19.5 Å². The number of aromatic nitrogens is 4. The molecule has 0 N–H and O–H groups in total. The second kappa shape index (κ2) is 14.3. The molecule has 0 unspecified atom stereocenters. The van der Waals surface area contributed by atoms with E-state index in [9.17, 15) is 0 Å². The minimum atomic E-state index is 0.639. The summed E-state index contributed by atoms with van der Waals surface area (Å²) in [7, 11) is 0. The summed E-state index contributed by atoms with van der Waals surface area (Å²) in [5.41, 5.74) is 11.1. The normalized spacial score (nSPS) is 11.6. The lowest BCUT2D eigenvalue weighted by atomic mass is 9.95. The first-order valence-corrected chi connectivity index (χ1v) is 20.7. The van der Waals surface area contributed by atoms with Gasteiger partial charge in [0.1, 0.15) is 0 Å². The Morgan fingerprint density at radius 1 is 0.262 bits per heavy atom. The monoisotopic (exact) mass is 776 g/mol. The Balaban J connectivity index is 0.904. The summed E-state index contributed by atoms with van der Waals surface area (Å²) >= 11 is 0. The minimum absolute atomic E-state index is 0.639. The van der Waals surface area contributed by atoms with Crippen molar-refractivity contribution in [1.29, 1.82) is 0 Å². The highest BCUT2D eigenvalue weighted by atomic mass is 15.0. The zero-order chi connectivity index (χ0) is 40.3. The first kappa shape index (κ1) is 34.8. The Morgan fingerprint density at radius 3 is 1.30 bits per heavy atom. The number of nitrogens with zero attached hydrogens (tertiary/aromatic N) is 4. The fraction of sp³-hybridized carbons (Fsp3) is 0. The van der Waals surface area contributed by atoms with Crippen LogP contribution in [-0.4, -0.2) is 19.5 Å². The third-order valence-corrected chi connectivity index (χ3v) is 12.0. The van der Waals surface area contributed by atoms with Crippen LogP contribution in [0.2, 0.25) is 0 Å². The number of rotatable bonds is 6. The summed E-state index contributed by atoms with van der Waals surface area (Å²) in [4.78, 5) is 14.8. The van der Waals surface area contributed by atoms with Crippen molar-refractivity contribution in [2.45, 2.75) is 0 Å². The van der Waals surface area contributed by atoms with Crippen molar-refractivity contribution >= 4 is 54.1 Å². The lowest BCUT2D eigenvalue weighted by molar-refractivity contribution is 1.07. The van der Waals surface area contributed by atoms with Crippen LogP contribution in [-0.2, 0) is 0 Å². The van der Waals surface area contributed by atoms with E-state index in [2.05, 4.69) is 162 Å². The molecule has 2 aromatic heterocycles. The third kappa shape index (κ3) is 6.12. The van der Waals surface area contributed by atoms with E-state index in [1.54, 1.807) is 0 Å². The fourth-order valence-corrected chi connectivity index (χ4v) is 8.93. The van der Waals surface area contributed by atoms with Gasteiger partial charge in [-0.15, -0.1) is 0 Å². The van der Waals surface area contributed by atoms with E-state index < -0.39 is 0 Å². The van der Waals surface area contributed by atoms with Crippen molar-refractivity contribution < 1.29 is 0 Å². The summed E-state index contributed by atoms with van der Waals surface area (Å²) < 4.78 is 2.37. The molecule has 284 valence electrons. The van der Waals surface area contributed by atoms with Crippen molar-refractivity contribution in [2.75, 3.05) is 0 Å². The van der Waals surface area contributed by atoms with E-state index in [1.807, 2.05) is 60.7 Å². The predicted octanol–water partition coefficient (Wildman–Crippen LogP) is 14.8. The second-order valence-electron chi connectivity index (χ2n) is 15.7. The smallest absolute Gasteiger partial charge is 0.164 e. The van der Waals surface area contributed by atoms with E-state index in [1.165, 1.54) is 70.9 Å². The molecule has 0 saturated heterocycles. The maximum atomic E-state index is 4.96. The van der Waals surface area contributed by atoms with Crippen molar-refractivity contribution in [2.24, 2.45) is 0 Å². The molecule has 2 heterocycles. The van der Waals surface area contributed by atoms with Crippen LogP contribution in [0.25, 0.3) is 116 Å². The molecule has 0 atom stereocenters. The van der Waals surface area contributed by atoms with Gasteiger partial charge in [-0.2, -0.15) is 0 Å². The quantitative estimate of drug-likeness (QED) is 0.169. The number of fused-ring (bicyclic) bond motifs is 7. The van der Waals surface area contributed by atoms with Crippen LogP contribution in [0.1, 0.15) is 0 Å². The van der Waals surface area contributed by atoms with Gasteiger partial charge in [0.25, 0.3) is 0 Å². The minimum Gasteiger partial charge on any atom is -0.309 e. The molecule has 0 spiro atoms. The SMILES string of the molecule is c1ccc(-c2nc(-c3ccccc3)nc(-c3ccc(-n4c5ccccc5c5c6ccc(-c7ccc8cc(-c9ccc%10ccccc%10c9)ccc8c7)cc6ccc54)cc3)n2)cc1. The Bertz CT molecular complexity index is 3570. The Kier molecular flexibility index (Phi) is 8.13. The van der Waals surface area contributed by atoms with Gasteiger partial charge in [-0.25, -0.2) is 15.0 Å². The number of hydrogen-bond donors (Lipinski definition) is 0. The Hall–Kier alpha value is -8.21. The van der Waals surface area contributed by atoms with Crippen LogP contribution in [0.5, 0.6) is 0 Å². The molecular weight excluding hydrogens is 741 g/mol. The molecule has 0 bridgehead atoms. The maximum absolute atomic E-state index is 4.96. The highest BCUT2D eigenvalue weighted by Gasteiger charge is 2.17. The van der Waals surface area contributed by atoms with Crippen molar-refractivity contribution in [3.05, 3.63) is 218 Å². The molecule has 61 heavy (non-hydrogen) atoms. The highest BCUT2D eigenvalue weighted by Crippen LogP contribution is 2.39. The molecule has 4 heteroatoms. The topological polar surface area (TPSA) is 43.6 Å². The molecule has 0 amide bonds. The average molecular weight is 777 g/mol. The molecular formula is C57H36N4. The van der Waals surface area contributed by atoms with Crippen LogP contribution < -0.4 is 0 Å². The first-order chi connectivity index (χ1) is 30.2. The zero-order valence-corrected chi connectivity index (χ0v) is 33.1. The maximum Gasteiger partial charge on any atom is 0.164 e. The van der Waals surface area contributed by atoms with Gasteiger partial charge in [-0.05, 0) is 115 Å². The standard InChI is InChI=1S/C57H36N4/c1-3-12-38(13-4-1)55-58-56(39-14-5-2-6-15-39)60-57(59-55)40-25-29-49(30-26-40)61-52-18-10-9-17-51(52)54-50-31-27-47(36-48(50)28-32-53(54)61)46-24-23-44-34-43(21-22-45(44)35-46)42-20-19-37-11-7-8-16-41(37)33-42/h1-36H. The van der Waals surface area contributed by atoms with Gasteiger partial charge in [0.05, 0.1) is 11.0 Å². The zero-order valence-electron chi connectivity index (χ0n) is 33.1. The fourth-order valence-electron chi connectivity index (χ4n) is 8.93. The van der Waals surface area contributed by atoms with Gasteiger partial charge in [0.2, 0.25) is 0 Å². The van der Waals surface area contributed by atoms with E-state index in [-0.39, 0.29) is 0 Å². The summed E-state index contributed by atoms with van der Waals surface area (Å²) in [5.74, 6) is 1.94. The predicted molar refractivity (Wildman–Crippen MR) is 254 cm³/mol. The van der Waals surface area contributed by atoms with Crippen LogP contribution >= 0.6 is 0 Å². The van der Waals surface area contributed by atoms with Crippen molar-refractivity contribution in [3.63, 3.8) is 0 Å². The van der Waals surface area contributed by atoms with Gasteiger partial charge >= 0.3 is 0 Å². The van der Waals surface area contributed by atoms with Crippen LogP contribution in [0.15, 0.2) is 218 Å². The summed E-state index contributed by atoms with van der Waals surface area (Å²) in [6, 6.07) is 77.8. The molecule has 10 aromatic carbocycles. The average Bonchev–Trinajstić information content (AvgIpc) is 3.68. The molecule has 12 rings (SSSR count). The molecule has 0 radical (unpaired) electrons. The molecule has 0 aliphatic rings. The Morgan fingerprint density at radius 2 is 0.689 bits per heavy atom. The lowest BCUT2D eigenvalue weighted by Crippen LogP contribution is -2.00. The van der Waals surface area contributed by atoms with Gasteiger partial charge in [0, 0.05) is 33.2 Å². The van der Waals surface area contributed by atoms with Crippen LogP contribution in [0.4, 0.5) is 0 Å². The lowest BCUT2D eigenvalue weighted by Gasteiger charge is -2.11. The molecule has 4 nitrogen and oxygen atoms in total. The highest BCUT2D eigenvalue weighted by molar-refractivity contribution is 6.21. The molecule has 0 fully saturated rings. The van der Waals surface area contributed by atoms with Crippen LogP contribution in [0, 0.1) is 0 Å². The van der Waals surface area contributed by atoms with Crippen LogP contribution in [0.3, 0.4) is 0 Å². The Labute approximate surface area is 352 Å². The first-order valence-electron chi connectivity index (χ1n) is 20.7. The summed E-state index contributed by atoms with van der Waals surface area (Å²) in [6.45, 7) is 0. The van der Waals surface area contributed by atoms with E-state index >= 15 is 0 Å².